The molecule has 1 fully saturated rings. The molecule has 1 atom stereocenters. The molecule has 1 aromatic rings. The van der Waals surface area contributed by atoms with Gasteiger partial charge < -0.3 is 0 Å². The maximum atomic E-state index is 12.8. The fourth-order valence-electron chi connectivity index (χ4n) is 2.82. The average molecular weight is 353 g/mol. The van der Waals surface area contributed by atoms with Gasteiger partial charge in [0.1, 0.15) is 5.82 Å². The van der Waals surface area contributed by atoms with Crippen molar-refractivity contribution in [3.63, 3.8) is 0 Å². The van der Waals surface area contributed by atoms with Crippen LogP contribution in [0.25, 0.3) is 0 Å². The molecule has 1 aromatic carbocycles. The lowest BCUT2D eigenvalue weighted by Crippen LogP contribution is -2.30. The molecule has 1 saturated carbocycles. The zero-order chi connectivity index (χ0) is 14.8. The van der Waals surface area contributed by atoms with E-state index in [0.717, 1.165) is 12.0 Å². The van der Waals surface area contributed by atoms with Crippen molar-refractivity contribution in [3.05, 3.63) is 35.6 Å². The normalized spacial score (nSPS) is 25.4. The Labute approximate surface area is 124 Å². The van der Waals surface area contributed by atoms with Crippen molar-refractivity contribution in [3.8, 4) is 0 Å². The van der Waals surface area contributed by atoms with Crippen LogP contribution in [0.4, 0.5) is 17.6 Å². The van der Waals surface area contributed by atoms with Crippen LogP contribution in [0.15, 0.2) is 24.3 Å². The van der Waals surface area contributed by atoms with Crippen molar-refractivity contribution in [2.45, 2.75) is 43.1 Å². The van der Waals surface area contributed by atoms with Crippen LogP contribution in [0.1, 0.15) is 31.2 Å². The first-order chi connectivity index (χ1) is 9.36. The van der Waals surface area contributed by atoms with Crippen LogP contribution in [-0.4, -0.2) is 11.0 Å². The number of benzene rings is 1. The van der Waals surface area contributed by atoms with E-state index < -0.39 is 12.1 Å². The lowest BCUT2D eigenvalue weighted by Gasteiger charge is -2.32. The number of hydrogen-bond acceptors (Lipinski definition) is 0. The van der Waals surface area contributed by atoms with Gasteiger partial charge in [-0.1, -0.05) is 28.1 Å². The summed E-state index contributed by atoms with van der Waals surface area (Å²) in [7, 11) is 0. The molecule has 112 valence electrons. The van der Waals surface area contributed by atoms with Crippen molar-refractivity contribution < 1.29 is 17.6 Å². The van der Waals surface area contributed by atoms with E-state index in [0.29, 0.717) is 12.8 Å². The Morgan fingerprint density at radius 1 is 1.05 bits per heavy atom. The summed E-state index contributed by atoms with van der Waals surface area (Å²) >= 11 is 3.59. The molecule has 1 aliphatic rings. The predicted molar refractivity (Wildman–Crippen MR) is 74.3 cm³/mol. The molecule has 1 unspecified atom stereocenters. The Kier molecular flexibility index (Phi) is 5.10. The molecule has 0 radical (unpaired) electrons. The summed E-state index contributed by atoms with van der Waals surface area (Å²) in [6.45, 7) is 0. The molecule has 0 aromatic heterocycles. The van der Waals surface area contributed by atoms with Gasteiger partial charge in [0, 0.05) is 4.83 Å². The topological polar surface area (TPSA) is 0 Å². The highest BCUT2D eigenvalue weighted by Gasteiger charge is 2.42. The Bertz CT molecular complexity index is 418. The van der Waals surface area contributed by atoms with E-state index in [1.807, 2.05) is 0 Å². The summed E-state index contributed by atoms with van der Waals surface area (Å²) in [5, 5.41) is 0. The molecule has 0 N–H and O–H groups in total. The van der Waals surface area contributed by atoms with Crippen LogP contribution in [0.3, 0.4) is 0 Å². The molecule has 2 rings (SSSR count). The van der Waals surface area contributed by atoms with Gasteiger partial charge in [0.05, 0.1) is 5.92 Å². The lowest BCUT2D eigenvalue weighted by molar-refractivity contribution is -0.183. The summed E-state index contributed by atoms with van der Waals surface area (Å²) in [5.74, 6) is -1.14. The third-order valence-corrected chi connectivity index (χ3v) is 5.16. The number of hydrogen-bond donors (Lipinski definition) is 0. The van der Waals surface area contributed by atoms with E-state index in [2.05, 4.69) is 15.9 Å². The monoisotopic (exact) mass is 352 g/mol. The van der Waals surface area contributed by atoms with Crippen molar-refractivity contribution in [1.82, 2.24) is 0 Å². The maximum absolute atomic E-state index is 12.8. The SMILES string of the molecule is Fc1ccc(CC(Br)C2CCC(C(F)(F)F)CC2)cc1. The molecule has 1 aliphatic carbocycles. The Morgan fingerprint density at radius 2 is 1.60 bits per heavy atom. The molecule has 0 aliphatic heterocycles. The van der Waals surface area contributed by atoms with E-state index in [1.54, 1.807) is 12.1 Å². The van der Waals surface area contributed by atoms with Gasteiger partial charge in [-0.15, -0.1) is 0 Å². The molecule has 0 amide bonds. The van der Waals surface area contributed by atoms with Gasteiger partial charge in [0.2, 0.25) is 0 Å². The fourth-order valence-corrected chi connectivity index (χ4v) is 3.72. The number of halogens is 5. The highest BCUT2D eigenvalue weighted by Crippen LogP contribution is 2.42. The highest BCUT2D eigenvalue weighted by atomic mass is 79.9. The van der Waals surface area contributed by atoms with Crippen LogP contribution in [0, 0.1) is 17.7 Å². The van der Waals surface area contributed by atoms with Crippen molar-refractivity contribution in [2.24, 2.45) is 11.8 Å². The van der Waals surface area contributed by atoms with Gasteiger partial charge in [-0.2, -0.15) is 13.2 Å². The van der Waals surface area contributed by atoms with Gasteiger partial charge in [0.25, 0.3) is 0 Å². The minimum Gasteiger partial charge on any atom is -0.207 e. The maximum Gasteiger partial charge on any atom is 0.391 e. The first kappa shape index (κ1) is 15.8. The summed E-state index contributed by atoms with van der Waals surface area (Å²) in [4.78, 5) is 0.155. The molecular weight excluding hydrogens is 336 g/mol. The molecule has 0 bridgehead atoms. The Hall–Kier alpha value is -0.580. The van der Waals surface area contributed by atoms with E-state index in [1.165, 1.54) is 12.1 Å². The van der Waals surface area contributed by atoms with E-state index in [9.17, 15) is 17.6 Å². The van der Waals surface area contributed by atoms with Crippen LogP contribution >= 0.6 is 15.9 Å². The smallest absolute Gasteiger partial charge is 0.207 e. The largest absolute Gasteiger partial charge is 0.391 e. The quantitative estimate of drug-likeness (QED) is 0.497. The van der Waals surface area contributed by atoms with Crippen LogP contribution in [0.5, 0.6) is 0 Å². The second-order valence-corrected chi connectivity index (χ2v) is 6.68. The van der Waals surface area contributed by atoms with Crippen LogP contribution in [-0.2, 0) is 6.42 Å². The van der Waals surface area contributed by atoms with Crippen molar-refractivity contribution in [1.29, 1.82) is 0 Å². The third-order valence-electron chi connectivity index (χ3n) is 4.09. The highest BCUT2D eigenvalue weighted by molar-refractivity contribution is 9.09. The number of rotatable bonds is 3. The second kappa shape index (κ2) is 6.46. The summed E-state index contributed by atoms with van der Waals surface area (Å²) < 4.78 is 50.6. The van der Waals surface area contributed by atoms with Gasteiger partial charge in [-0.05, 0) is 55.7 Å². The second-order valence-electron chi connectivity index (χ2n) is 5.50. The van der Waals surface area contributed by atoms with Crippen LogP contribution < -0.4 is 0 Å². The third kappa shape index (κ3) is 4.21. The lowest BCUT2D eigenvalue weighted by atomic mass is 9.79. The summed E-state index contributed by atoms with van der Waals surface area (Å²) in [5.41, 5.74) is 1.01. The van der Waals surface area contributed by atoms with Crippen molar-refractivity contribution in [2.75, 3.05) is 0 Å². The fraction of sp³-hybridized carbons (Fsp3) is 0.600. The first-order valence-corrected chi connectivity index (χ1v) is 7.73. The number of alkyl halides is 4. The Morgan fingerprint density at radius 3 is 2.10 bits per heavy atom. The molecular formula is C15H17BrF4. The first-order valence-electron chi connectivity index (χ1n) is 6.81. The van der Waals surface area contributed by atoms with E-state index in [-0.39, 0.29) is 29.4 Å². The standard InChI is InChI=1S/C15H17BrF4/c16-14(9-10-1-7-13(17)8-2-10)11-3-5-12(6-4-11)15(18,19)20/h1-2,7-8,11-12,14H,3-6,9H2. The Balaban J connectivity index is 1.85. The summed E-state index contributed by atoms with van der Waals surface area (Å²) in [6.07, 6.45) is -1.69. The zero-order valence-electron chi connectivity index (χ0n) is 11.0. The molecule has 0 saturated heterocycles. The minimum absolute atomic E-state index is 0.155. The predicted octanol–water partition coefficient (Wildman–Crippen LogP) is 5.50. The van der Waals surface area contributed by atoms with Gasteiger partial charge in [-0.3, -0.25) is 0 Å². The zero-order valence-corrected chi connectivity index (χ0v) is 12.6. The molecule has 5 heteroatoms. The minimum atomic E-state index is -4.05. The molecule has 0 nitrogen and oxygen atoms in total. The van der Waals surface area contributed by atoms with E-state index in [4.69, 9.17) is 0 Å². The molecule has 20 heavy (non-hydrogen) atoms. The summed E-state index contributed by atoms with van der Waals surface area (Å²) in [6, 6.07) is 6.28. The molecule has 0 heterocycles. The van der Waals surface area contributed by atoms with Crippen LogP contribution in [0.2, 0.25) is 0 Å². The van der Waals surface area contributed by atoms with Gasteiger partial charge >= 0.3 is 6.18 Å². The van der Waals surface area contributed by atoms with Gasteiger partial charge in [-0.25, -0.2) is 4.39 Å². The van der Waals surface area contributed by atoms with Gasteiger partial charge in [0.15, 0.2) is 0 Å². The van der Waals surface area contributed by atoms with E-state index >= 15 is 0 Å². The van der Waals surface area contributed by atoms with Crippen molar-refractivity contribution >= 4 is 15.9 Å². The average Bonchev–Trinajstić information content (AvgIpc) is 2.40. The molecule has 0 spiro atoms.